The molecule has 0 spiro atoms. The van der Waals surface area contributed by atoms with E-state index in [1.54, 1.807) is 18.2 Å². The van der Waals surface area contributed by atoms with Gasteiger partial charge in [0, 0.05) is 5.39 Å². The summed E-state index contributed by atoms with van der Waals surface area (Å²) in [4.78, 5) is 0. The third-order valence-electron chi connectivity index (χ3n) is 3.54. The number of halogens is 3. The summed E-state index contributed by atoms with van der Waals surface area (Å²) in [6, 6.07) is 18.2. The Morgan fingerprint density at radius 2 is 1.62 bits per heavy atom. The second-order valence-corrected chi connectivity index (χ2v) is 6.93. The fraction of sp³-hybridized carbons (Fsp3) is 0.111. The third kappa shape index (κ3) is 3.91. The van der Waals surface area contributed by atoms with Crippen LogP contribution in [0.3, 0.4) is 0 Å². The molecule has 8 heteroatoms. The number of hydrogen-bond donors (Lipinski definition) is 0. The summed E-state index contributed by atoms with van der Waals surface area (Å²) in [6.07, 6.45) is 0. The Labute approximate surface area is 147 Å². The minimum Gasteiger partial charge on any atom is -0.489 e. The van der Waals surface area contributed by atoms with Crippen molar-refractivity contribution < 1.29 is 30.5 Å². The second kappa shape index (κ2) is 6.87. The molecule has 0 aliphatic heterocycles. The third-order valence-corrected chi connectivity index (χ3v) is 4.51. The highest BCUT2D eigenvalue weighted by atomic mass is 32.2. The molecular formula is C18H13F3O4S. The Bertz CT molecular complexity index is 1020. The van der Waals surface area contributed by atoms with Gasteiger partial charge in [-0.3, -0.25) is 0 Å². The first-order chi connectivity index (χ1) is 12.3. The van der Waals surface area contributed by atoms with Crippen LogP contribution < -0.4 is 8.92 Å². The molecule has 136 valence electrons. The minimum atomic E-state index is -5.73. The number of fused-ring (bicyclic) bond motifs is 1. The number of ether oxygens (including phenoxy) is 1. The van der Waals surface area contributed by atoms with Gasteiger partial charge < -0.3 is 8.92 Å². The van der Waals surface area contributed by atoms with Gasteiger partial charge in [0.1, 0.15) is 12.4 Å². The zero-order valence-corrected chi connectivity index (χ0v) is 14.0. The summed E-state index contributed by atoms with van der Waals surface area (Å²) < 4.78 is 69.9. The van der Waals surface area contributed by atoms with Gasteiger partial charge in [0.2, 0.25) is 0 Å². The lowest BCUT2D eigenvalue weighted by molar-refractivity contribution is -0.0499. The molecule has 3 rings (SSSR count). The van der Waals surface area contributed by atoms with Gasteiger partial charge in [-0.15, -0.1) is 0 Å². The molecule has 0 unspecified atom stereocenters. The lowest BCUT2D eigenvalue weighted by Gasteiger charge is -2.12. The van der Waals surface area contributed by atoms with Crippen molar-refractivity contribution in [1.29, 1.82) is 0 Å². The van der Waals surface area contributed by atoms with Gasteiger partial charge in [-0.25, -0.2) is 0 Å². The maximum absolute atomic E-state index is 12.5. The van der Waals surface area contributed by atoms with Crippen LogP contribution in [0.25, 0.3) is 10.8 Å². The number of alkyl halides is 3. The SMILES string of the molecule is O=S(=O)(Oc1cccc2cc(OCc3ccccc3)ccc12)C(F)(F)F. The second-order valence-electron chi connectivity index (χ2n) is 5.40. The highest BCUT2D eigenvalue weighted by Gasteiger charge is 2.48. The first-order valence-electron chi connectivity index (χ1n) is 7.46. The first kappa shape index (κ1) is 18.1. The van der Waals surface area contributed by atoms with E-state index in [2.05, 4.69) is 4.18 Å². The molecule has 3 aromatic carbocycles. The molecule has 0 aromatic heterocycles. The average molecular weight is 382 g/mol. The van der Waals surface area contributed by atoms with Crippen LogP contribution in [0.5, 0.6) is 11.5 Å². The van der Waals surface area contributed by atoms with Crippen molar-refractivity contribution in [2.75, 3.05) is 0 Å². The smallest absolute Gasteiger partial charge is 0.489 e. The molecule has 4 nitrogen and oxygen atoms in total. The van der Waals surface area contributed by atoms with Crippen LogP contribution in [-0.4, -0.2) is 13.9 Å². The lowest BCUT2D eigenvalue weighted by atomic mass is 10.1. The Kier molecular flexibility index (Phi) is 4.78. The standard InChI is InChI=1S/C18H13F3O4S/c19-18(20,21)26(22,23)25-17-8-4-7-14-11-15(9-10-16(14)17)24-12-13-5-2-1-3-6-13/h1-11H,12H2. The predicted molar refractivity (Wildman–Crippen MR) is 90.3 cm³/mol. The van der Waals surface area contributed by atoms with Crippen LogP contribution in [0, 0.1) is 0 Å². The largest absolute Gasteiger partial charge is 0.534 e. The van der Waals surface area contributed by atoms with Crippen LogP contribution in [0.4, 0.5) is 13.2 Å². The molecule has 0 bridgehead atoms. The number of benzene rings is 3. The zero-order chi connectivity index (χ0) is 18.8. The van der Waals surface area contributed by atoms with E-state index in [9.17, 15) is 21.6 Å². The van der Waals surface area contributed by atoms with Gasteiger partial charge in [-0.05, 0) is 35.2 Å². The fourth-order valence-corrected chi connectivity index (χ4v) is 2.78. The molecule has 0 atom stereocenters. The summed E-state index contributed by atoms with van der Waals surface area (Å²) in [5, 5.41) is 0.720. The van der Waals surface area contributed by atoms with E-state index >= 15 is 0 Å². The summed E-state index contributed by atoms with van der Waals surface area (Å²) in [5.41, 5.74) is -4.53. The topological polar surface area (TPSA) is 52.6 Å². The van der Waals surface area contributed by atoms with E-state index in [1.165, 1.54) is 12.1 Å². The van der Waals surface area contributed by atoms with E-state index < -0.39 is 21.4 Å². The zero-order valence-electron chi connectivity index (χ0n) is 13.2. The van der Waals surface area contributed by atoms with Crippen molar-refractivity contribution in [3.05, 3.63) is 72.3 Å². The predicted octanol–water partition coefficient (Wildman–Crippen LogP) is 4.65. The molecule has 0 aliphatic rings. The molecule has 0 saturated carbocycles. The molecule has 0 N–H and O–H groups in total. The van der Waals surface area contributed by atoms with Crippen molar-refractivity contribution >= 4 is 20.9 Å². The molecule has 0 radical (unpaired) electrons. The minimum absolute atomic E-state index is 0.229. The average Bonchev–Trinajstić information content (AvgIpc) is 2.59. The number of rotatable bonds is 5. The van der Waals surface area contributed by atoms with Crippen molar-refractivity contribution in [3.63, 3.8) is 0 Å². The number of hydrogen-bond acceptors (Lipinski definition) is 4. The van der Waals surface area contributed by atoms with Crippen molar-refractivity contribution in [1.82, 2.24) is 0 Å². The maximum atomic E-state index is 12.5. The molecule has 0 saturated heterocycles. The molecule has 0 heterocycles. The maximum Gasteiger partial charge on any atom is 0.534 e. The van der Waals surface area contributed by atoms with Crippen LogP contribution >= 0.6 is 0 Å². The van der Waals surface area contributed by atoms with Gasteiger partial charge in [0.15, 0.2) is 5.75 Å². The van der Waals surface area contributed by atoms with E-state index in [0.29, 0.717) is 17.7 Å². The van der Waals surface area contributed by atoms with E-state index in [4.69, 9.17) is 4.74 Å². The molecule has 0 aliphatic carbocycles. The monoisotopic (exact) mass is 382 g/mol. The molecule has 26 heavy (non-hydrogen) atoms. The van der Waals surface area contributed by atoms with Crippen LogP contribution in [-0.2, 0) is 16.7 Å². The Balaban J connectivity index is 1.85. The van der Waals surface area contributed by atoms with Crippen LogP contribution in [0.2, 0.25) is 0 Å². The summed E-state index contributed by atoms with van der Waals surface area (Å²) >= 11 is 0. The van der Waals surface area contributed by atoms with Crippen molar-refractivity contribution in [2.24, 2.45) is 0 Å². The molecule has 0 amide bonds. The Morgan fingerprint density at radius 1 is 0.885 bits per heavy atom. The quantitative estimate of drug-likeness (QED) is 0.476. The summed E-state index contributed by atoms with van der Waals surface area (Å²) in [6.45, 7) is 0.324. The normalized spacial score (nSPS) is 12.1. The molecule has 0 fully saturated rings. The first-order valence-corrected chi connectivity index (χ1v) is 8.87. The molecule has 3 aromatic rings. The van der Waals surface area contributed by atoms with Gasteiger partial charge in [0.05, 0.1) is 0 Å². The summed E-state index contributed by atoms with van der Waals surface area (Å²) in [7, 11) is -5.73. The van der Waals surface area contributed by atoms with Gasteiger partial charge in [-0.2, -0.15) is 21.6 Å². The molecular weight excluding hydrogens is 369 g/mol. The van der Waals surface area contributed by atoms with E-state index in [0.717, 1.165) is 11.6 Å². The highest BCUT2D eigenvalue weighted by molar-refractivity contribution is 7.88. The Hall–Kier alpha value is -2.74. The van der Waals surface area contributed by atoms with E-state index in [-0.39, 0.29) is 5.39 Å². The van der Waals surface area contributed by atoms with Crippen LogP contribution in [0.1, 0.15) is 5.56 Å². The van der Waals surface area contributed by atoms with Crippen LogP contribution in [0.15, 0.2) is 66.7 Å². The highest BCUT2D eigenvalue weighted by Crippen LogP contribution is 2.33. The lowest BCUT2D eigenvalue weighted by Crippen LogP contribution is -2.28. The van der Waals surface area contributed by atoms with E-state index in [1.807, 2.05) is 30.3 Å². The Morgan fingerprint density at radius 3 is 2.31 bits per heavy atom. The summed E-state index contributed by atoms with van der Waals surface area (Å²) in [5.74, 6) is 0.103. The fourth-order valence-electron chi connectivity index (χ4n) is 2.30. The van der Waals surface area contributed by atoms with Crippen molar-refractivity contribution in [2.45, 2.75) is 12.1 Å². The van der Waals surface area contributed by atoms with Crippen molar-refractivity contribution in [3.8, 4) is 11.5 Å². The van der Waals surface area contributed by atoms with Gasteiger partial charge in [-0.1, -0.05) is 42.5 Å². The van der Waals surface area contributed by atoms with Gasteiger partial charge in [0.25, 0.3) is 0 Å². The van der Waals surface area contributed by atoms with Gasteiger partial charge >= 0.3 is 15.6 Å².